The molecule has 19 heavy (non-hydrogen) atoms. The van der Waals surface area contributed by atoms with Gasteiger partial charge >= 0.3 is 0 Å². The summed E-state index contributed by atoms with van der Waals surface area (Å²) in [6.07, 6.45) is 5.71. The van der Waals surface area contributed by atoms with E-state index in [-0.39, 0.29) is 0 Å². The molecular formula is C14H31N3OS. The molecule has 4 nitrogen and oxygen atoms in total. The summed E-state index contributed by atoms with van der Waals surface area (Å²) in [6.45, 7) is 7.80. The Balaban J connectivity index is 3.40. The Kier molecular flexibility index (Phi) is 13.7. The molecule has 0 aliphatic heterocycles. The van der Waals surface area contributed by atoms with Crippen LogP contribution in [0, 0.1) is 5.92 Å². The minimum atomic E-state index is 0.712. The average molecular weight is 289 g/mol. The zero-order valence-electron chi connectivity index (χ0n) is 13.0. The molecule has 0 bridgehead atoms. The number of hydrogen-bond donors (Lipinski definition) is 2. The van der Waals surface area contributed by atoms with Gasteiger partial charge in [-0.15, -0.1) is 0 Å². The third kappa shape index (κ3) is 13.8. The van der Waals surface area contributed by atoms with Gasteiger partial charge < -0.3 is 15.4 Å². The van der Waals surface area contributed by atoms with Gasteiger partial charge in [0.05, 0.1) is 6.61 Å². The van der Waals surface area contributed by atoms with Crippen molar-refractivity contribution >= 4 is 17.7 Å². The highest BCUT2D eigenvalue weighted by Crippen LogP contribution is 1.98. The van der Waals surface area contributed by atoms with Crippen LogP contribution in [0.4, 0.5) is 0 Å². The number of nitrogens with one attached hydrogen (secondary N) is 2. The minimum absolute atomic E-state index is 0.712. The number of rotatable bonds is 11. The Bertz CT molecular complexity index is 223. The van der Waals surface area contributed by atoms with Gasteiger partial charge in [0.1, 0.15) is 0 Å². The molecule has 2 N–H and O–H groups in total. The van der Waals surface area contributed by atoms with Crippen LogP contribution in [0.2, 0.25) is 0 Å². The summed E-state index contributed by atoms with van der Waals surface area (Å²) < 4.78 is 5.55. The summed E-state index contributed by atoms with van der Waals surface area (Å²) in [4.78, 5) is 4.19. The number of nitrogens with zero attached hydrogens (tertiary/aromatic N) is 1. The summed E-state index contributed by atoms with van der Waals surface area (Å²) in [6, 6.07) is 0. The number of unbranched alkanes of at least 4 members (excludes halogenated alkanes) is 1. The monoisotopic (exact) mass is 289 g/mol. The Hall–Kier alpha value is -0.420. The molecule has 0 unspecified atom stereocenters. The summed E-state index contributed by atoms with van der Waals surface area (Å²) in [5.74, 6) is 2.82. The van der Waals surface area contributed by atoms with Crippen molar-refractivity contribution in [1.82, 2.24) is 10.6 Å². The van der Waals surface area contributed by atoms with Crippen molar-refractivity contribution in [3.05, 3.63) is 0 Å². The first-order chi connectivity index (χ1) is 9.20. The fourth-order valence-electron chi connectivity index (χ4n) is 1.46. The molecule has 0 atom stereocenters. The van der Waals surface area contributed by atoms with Crippen LogP contribution in [-0.2, 0) is 4.74 Å². The van der Waals surface area contributed by atoms with Crippen LogP contribution in [0.25, 0.3) is 0 Å². The maximum Gasteiger partial charge on any atom is 0.191 e. The maximum absolute atomic E-state index is 5.55. The number of guanidine groups is 1. The van der Waals surface area contributed by atoms with Crippen LogP contribution in [0.3, 0.4) is 0 Å². The summed E-state index contributed by atoms with van der Waals surface area (Å²) >= 11 is 1.90. The van der Waals surface area contributed by atoms with Crippen molar-refractivity contribution in [3.63, 3.8) is 0 Å². The van der Waals surface area contributed by atoms with Crippen molar-refractivity contribution < 1.29 is 4.74 Å². The van der Waals surface area contributed by atoms with Crippen LogP contribution < -0.4 is 10.6 Å². The fourth-order valence-corrected chi connectivity index (χ4v) is 1.95. The van der Waals surface area contributed by atoms with E-state index in [2.05, 4.69) is 35.7 Å². The molecule has 0 saturated carbocycles. The van der Waals surface area contributed by atoms with E-state index in [1.54, 1.807) is 7.05 Å². The lowest BCUT2D eigenvalue weighted by Gasteiger charge is -2.12. The van der Waals surface area contributed by atoms with Crippen molar-refractivity contribution in [2.24, 2.45) is 10.9 Å². The minimum Gasteiger partial charge on any atom is -0.380 e. The first-order valence-corrected chi connectivity index (χ1v) is 8.61. The fraction of sp³-hybridized carbons (Fsp3) is 0.929. The van der Waals surface area contributed by atoms with Crippen molar-refractivity contribution in [3.8, 4) is 0 Å². The highest BCUT2D eigenvalue weighted by Gasteiger charge is 1.97. The van der Waals surface area contributed by atoms with Gasteiger partial charge in [-0.25, -0.2) is 0 Å². The normalized spacial score (nSPS) is 11.9. The Morgan fingerprint density at radius 1 is 1.16 bits per heavy atom. The van der Waals surface area contributed by atoms with Gasteiger partial charge in [0.2, 0.25) is 0 Å². The predicted molar refractivity (Wildman–Crippen MR) is 87.3 cm³/mol. The van der Waals surface area contributed by atoms with Gasteiger partial charge in [-0.3, -0.25) is 4.99 Å². The molecule has 0 aliphatic rings. The van der Waals surface area contributed by atoms with Crippen LogP contribution >= 0.6 is 11.8 Å². The molecule has 0 saturated heterocycles. The molecule has 0 spiro atoms. The number of hydrogen-bond acceptors (Lipinski definition) is 3. The zero-order valence-corrected chi connectivity index (χ0v) is 13.8. The standard InChI is InChI=1S/C14H31N3OS/c1-13(2)7-10-18-11-9-17-14(15-3)16-8-5-6-12-19-4/h13H,5-12H2,1-4H3,(H2,15,16,17). The smallest absolute Gasteiger partial charge is 0.191 e. The highest BCUT2D eigenvalue weighted by molar-refractivity contribution is 7.98. The second-order valence-corrected chi connectivity index (χ2v) is 5.91. The first kappa shape index (κ1) is 18.6. The van der Waals surface area contributed by atoms with Crippen molar-refractivity contribution in [2.75, 3.05) is 45.4 Å². The molecule has 0 amide bonds. The molecule has 5 heteroatoms. The van der Waals surface area contributed by atoms with E-state index in [0.29, 0.717) is 5.92 Å². The number of thioether (sulfide) groups is 1. The number of ether oxygens (including phenoxy) is 1. The first-order valence-electron chi connectivity index (χ1n) is 7.22. The molecule has 0 aromatic carbocycles. The molecule has 0 heterocycles. The van der Waals surface area contributed by atoms with Gasteiger partial charge in [-0.1, -0.05) is 13.8 Å². The Morgan fingerprint density at radius 2 is 1.89 bits per heavy atom. The van der Waals surface area contributed by atoms with Crippen LogP contribution in [0.5, 0.6) is 0 Å². The van der Waals surface area contributed by atoms with Gasteiger partial charge in [-0.05, 0) is 37.2 Å². The van der Waals surface area contributed by atoms with E-state index >= 15 is 0 Å². The third-order valence-electron chi connectivity index (χ3n) is 2.67. The van der Waals surface area contributed by atoms with E-state index in [1.807, 2.05) is 11.8 Å². The summed E-state index contributed by atoms with van der Waals surface area (Å²) in [7, 11) is 1.80. The quantitative estimate of drug-likeness (QED) is 0.348. The molecule has 0 radical (unpaired) electrons. The molecule has 0 aliphatic carbocycles. The second-order valence-electron chi connectivity index (χ2n) is 4.92. The maximum atomic E-state index is 5.55. The lowest BCUT2D eigenvalue weighted by atomic mass is 10.1. The van der Waals surface area contributed by atoms with Crippen LogP contribution in [-0.4, -0.2) is 51.3 Å². The second kappa shape index (κ2) is 14.0. The van der Waals surface area contributed by atoms with Gasteiger partial charge in [0.25, 0.3) is 0 Å². The van der Waals surface area contributed by atoms with Gasteiger partial charge in [0.15, 0.2) is 5.96 Å². The lowest BCUT2D eigenvalue weighted by molar-refractivity contribution is 0.128. The molecular weight excluding hydrogens is 258 g/mol. The predicted octanol–water partition coefficient (Wildman–Crippen LogP) is 2.36. The molecule has 0 rings (SSSR count). The zero-order chi connectivity index (χ0) is 14.3. The van der Waals surface area contributed by atoms with E-state index < -0.39 is 0 Å². The van der Waals surface area contributed by atoms with E-state index in [4.69, 9.17) is 4.74 Å². The summed E-state index contributed by atoms with van der Waals surface area (Å²) in [5, 5.41) is 6.57. The van der Waals surface area contributed by atoms with Crippen LogP contribution in [0.1, 0.15) is 33.1 Å². The molecule has 114 valence electrons. The number of aliphatic imine (C=N–C) groups is 1. The van der Waals surface area contributed by atoms with Gasteiger partial charge in [0, 0.05) is 26.7 Å². The van der Waals surface area contributed by atoms with Crippen molar-refractivity contribution in [1.29, 1.82) is 0 Å². The Labute approximate surface area is 123 Å². The van der Waals surface area contributed by atoms with E-state index in [9.17, 15) is 0 Å². The lowest BCUT2D eigenvalue weighted by Crippen LogP contribution is -2.39. The van der Waals surface area contributed by atoms with Crippen molar-refractivity contribution in [2.45, 2.75) is 33.1 Å². The van der Waals surface area contributed by atoms with Crippen LogP contribution in [0.15, 0.2) is 4.99 Å². The topological polar surface area (TPSA) is 45.7 Å². The third-order valence-corrected chi connectivity index (χ3v) is 3.37. The largest absolute Gasteiger partial charge is 0.380 e. The summed E-state index contributed by atoms with van der Waals surface area (Å²) in [5.41, 5.74) is 0. The molecule has 0 aromatic rings. The average Bonchev–Trinajstić information content (AvgIpc) is 2.39. The van der Waals surface area contributed by atoms with E-state index in [1.165, 1.54) is 18.6 Å². The SMILES string of the molecule is CN=C(NCCCCSC)NCCOCCC(C)C. The van der Waals surface area contributed by atoms with E-state index in [0.717, 1.165) is 38.7 Å². The Morgan fingerprint density at radius 3 is 2.53 bits per heavy atom. The highest BCUT2D eigenvalue weighted by atomic mass is 32.2. The molecule has 0 fully saturated rings. The van der Waals surface area contributed by atoms with Gasteiger partial charge in [-0.2, -0.15) is 11.8 Å². The molecule has 0 aromatic heterocycles.